The van der Waals surface area contributed by atoms with Crippen LogP contribution in [-0.2, 0) is 9.59 Å². The Balaban J connectivity index is 3.20. The average molecular weight is 415 g/mol. The van der Waals surface area contributed by atoms with E-state index in [-0.39, 0.29) is 11.0 Å². The van der Waals surface area contributed by atoms with E-state index in [1.165, 1.54) is 95.2 Å². The van der Waals surface area contributed by atoms with Gasteiger partial charge in [-0.3, -0.25) is 9.59 Å². The molecule has 1 atom stereocenters. The summed E-state index contributed by atoms with van der Waals surface area (Å²) in [5, 5.41) is 2.86. The average Bonchev–Trinajstić information content (AvgIpc) is 2.68. The fourth-order valence-electron chi connectivity index (χ4n) is 3.22. The summed E-state index contributed by atoms with van der Waals surface area (Å²) in [5.74, 6) is 0.703. The number of amides is 1. The van der Waals surface area contributed by atoms with E-state index in [1.54, 1.807) is 6.92 Å². The predicted octanol–water partition coefficient (Wildman–Crippen LogP) is 5.97. The van der Waals surface area contributed by atoms with Crippen molar-refractivity contribution < 1.29 is 9.59 Å². The Hall–Kier alpha value is -0.550. The molecule has 0 radical (unpaired) electrons. The van der Waals surface area contributed by atoms with E-state index in [9.17, 15) is 9.59 Å². The number of hydrogen-bond donors (Lipinski definition) is 2. The molecule has 0 bridgehead atoms. The second-order valence-corrected chi connectivity index (χ2v) is 9.11. The molecule has 0 aromatic heterocycles. The van der Waals surface area contributed by atoms with Crippen LogP contribution in [0.15, 0.2) is 0 Å². The van der Waals surface area contributed by atoms with Gasteiger partial charge in [0.25, 0.3) is 0 Å². The standard InChI is InChI=1S/C23H46N2O2S/c1-3-4-5-6-7-8-9-10-11-12-13-14-15-16-17-18-22(26)25-19-20-28-23(27)21(2)24/h21H,3-20,24H2,1-2H3,(H,25,26)/t21-/m0/s1. The molecule has 0 saturated heterocycles. The molecule has 0 spiro atoms. The molecule has 28 heavy (non-hydrogen) atoms. The molecule has 0 aromatic rings. The summed E-state index contributed by atoms with van der Waals surface area (Å²) in [7, 11) is 0. The topological polar surface area (TPSA) is 72.2 Å². The monoisotopic (exact) mass is 414 g/mol. The molecule has 0 rings (SSSR count). The first-order valence-electron chi connectivity index (χ1n) is 11.8. The van der Waals surface area contributed by atoms with Gasteiger partial charge in [-0.05, 0) is 13.3 Å². The molecule has 3 N–H and O–H groups in total. The summed E-state index contributed by atoms with van der Waals surface area (Å²) in [6.07, 6.45) is 20.6. The molecular formula is C23H46N2O2S. The zero-order chi connectivity index (χ0) is 20.9. The van der Waals surface area contributed by atoms with Gasteiger partial charge in [-0.15, -0.1) is 0 Å². The first-order valence-corrected chi connectivity index (χ1v) is 12.8. The van der Waals surface area contributed by atoms with E-state index in [2.05, 4.69) is 12.2 Å². The van der Waals surface area contributed by atoms with Crippen LogP contribution in [0, 0.1) is 0 Å². The molecule has 166 valence electrons. The lowest BCUT2D eigenvalue weighted by Crippen LogP contribution is -2.28. The smallest absolute Gasteiger partial charge is 0.220 e. The van der Waals surface area contributed by atoms with E-state index < -0.39 is 6.04 Å². The van der Waals surface area contributed by atoms with E-state index in [0.717, 1.165) is 12.8 Å². The Morgan fingerprint density at radius 2 is 1.21 bits per heavy atom. The van der Waals surface area contributed by atoms with Crippen LogP contribution >= 0.6 is 11.8 Å². The Labute approximate surface area is 178 Å². The molecule has 4 nitrogen and oxygen atoms in total. The largest absolute Gasteiger partial charge is 0.355 e. The van der Waals surface area contributed by atoms with Gasteiger partial charge in [0.2, 0.25) is 11.0 Å². The lowest BCUT2D eigenvalue weighted by molar-refractivity contribution is -0.121. The van der Waals surface area contributed by atoms with Gasteiger partial charge in [-0.25, -0.2) is 0 Å². The molecule has 0 aliphatic rings. The maximum Gasteiger partial charge on any atom is 0.220 e. The van der Waals surface area contributed by atoms with Crippen molar-refractivity contribution in [1.82, 2.24) is 5.32 Å². The van der Waals surface area contributed by atoms with Crippen LogP contribution in [0.1, 0.15) is 117 Å². The number of rotatable bonds is 20. The third-order valence-electron chi connectivity index (χ3n) is 5.05. The van der Waals surface area contributed by atoms with Gasteiger partial charge >= 0.3 is 0 Å². The summed E-state index contributed by atoms with van der Waals surface area (Å²) in [6, 6.07) is -0.430. The molecular weight excluding hydrogens is 368 g/mol. The Morgan fingerprint density at radius 3 is 1.64 bits per heavy atom. The van der Waals surface area contributed by atoms with Crippen LogP contribution in [0.5, 0.6) is 0 Å². The highest BCUT2D eigenvalue weighted by atomic mass is 32.2. The molecule has 0 saturated carbocycles. The lowest BCUT2D eigenvalue weighted by atomic mass is 10.0. The highest BCUT2D eigenvalue weighted by Gasteiger charge is 2.08. The Bertz CT molecular complexity index is 376. The molecule has 1 amide bonds. The quantitative estimate of drug-likeness (QED) is 0.241. The van der Waals surface area contributed by atoms with Crippen molar-refractivity contribution in [2.24, 2.45) is 5.73 Å². The van der Waals surface area contributed by atoms with Crippen LogP contribution in [0.2, 0.25) is 0 Å². The highest BCUT2D eigenvalue weighted by molar-refractivity contribution is 8.13. The summed E-state index contributed by atoms with van der Waals surface area (Å²) >= 11 is 1.20. The maximum absolute atomic E-state index is 11.7. The normalized spacial score (nSPS) is 12.1. The number of carbonyl (C=O) groups excluding carboxylic acids is 2. The Kier molecular flexibility index (Phi) is 20.8. The van der Waals surface area contributed by atoms with Crippen LogP contribution in [0.4, 0.5) is 0 Å². The van der Waals surface area contributed by atoms with Gasteiger partial charge in [0.05, 0.1) is 6.04 Å². The molecule has 0 unspecified atom stereocenters. The van der Waals surface area contributed by atoms with Gasteiger partial charge < -0.3 is 11.1 Å². The second kappa shape index (κ2) is 21.2. The Morgan fingerprint density at radius 1 is 0.786 bits per heavy atom. The van der Waals surface area contributed by atoms with E-state index in [0.29, 0.717) is 18.7 Å². The van der Waals surface area contributed by atoms with Gasteiger partial charge in [0.1, 0.15) is 0 Å². The van der Waals surface area contributed by atoms with Crippen molar-refractivity contribution in [1.29, 1.82) is 0 Å². The first kappa shape index (κ1) is 27.5. The van der Waals surface area contributed by atoms with Crippen molar-refractivity contribution in [2.45, 2.75) is 123 Å². The van der Waals surface area contributed by atoms with E-state index in [4.69, 9.17) is 5.73 Å². The zero-order valence-electron chi connectivity index (χ0n) is 18.6. The van der Waals surface area contributed by atoms with Gasteiger partial charge in [-0.1, -0.05) is 109 Å². The summed E-state index contributed by atoms with van der Waals surface area (Å²) < 4.78 is 0. The number of hydrogen-bond acceptors (Lipinski definition) is 4. The minimum atomic E-state index is -0.430. The SMILES string of the molecule is CCCCCCCCCCCCCCCCCC(=O)NCCSC(=O)[C@H](C)N. The van der Waals surface area contributed by atoms with Gasteiger partial charge in [0, 0.05) is 18.7 Å². The van der Waals surface area contributed by atoms with E-state index >= 15 is 0 Å². The fraction of sp³-hybridized carbons (Fsp3) is 0.913. The third-order valence-corrected chi connectivity index (χ3v) is 6.11. The summed E-state index contributed by atoms with van der Waals surface area (Å²) in [6.45, 7) is 4.50. The molecule has 0 aliphatic carbocycles. The minimum absolute atomic E-state index is 0.0170. The lowest BCUT2D eigenvalue weighted by Gasteiger charge is -2.06. The van der Waals surface area contributed by atoms with Crippen LogP contribution < -0.4 is 11.1 Å². The summed E-state index contributed by atoms with van der Waals surface area (Å²) in [5.41, 5.74) is 5.49. The number of nitrogens with two attached hydrogens (primary N) is 1. The van der Waals surface area contributed by atoms with Crippen molar-refractivity contribution in [3.05, 3.63) is 0 Å². The predicted molar refractivity (Wildman–Crippen MR) is 124 cm³/mol. The fourth-order valence-corrected chi connectivity index (χ4v) is 3.89. The molecule has 0 fully saturated rings. The van der Waals surface area contributed by atoms with Crippen molar-refractivity contribution in [3.8, 4) is 0 Å². The van der Waals surface area contributed by atoms with Crippen molar-refractivity contribution in [3.63, 3.8) is 0 Å². The highest BCUT2D eigenvalue weighted by Crippen LogP contribution is 2.13. The van der Waals surface area contributed by atoms with Crippen LogP contribution in [0.25, 0.3) is 0 Å². The first-order chi connectivity index (χ1) is 13.6. The minimum Gasteiger partial charge on any atom is -0.355 e. The number of thioether (sulfide) groups is 1. The van der Waals surface area contributed by atoms with Crippen LogP contribution in [-0.4, -0.2) is 29.4 Å². The molecule has 5 heteroatoms. The molecule has 0 heterocycles. The number of unbranched alkanes of at least 4 members (excludes halogenated alkanes) is 14. The van der Waals surface area contributed by atoms with Crippen molar-refractivity contribution >= 4 is 22.8 Å². The van der Waals surface area contributed by atoms with Crippen molar-refractivity contribution in [2.75, 3.05) is 12.3 Å². The third kappa shape index (κ3) is 20.2. The molecule has 0 aromatic carbocycles. The van der Waals surface area contributed by atoms with Gasteiger partial charge in [-0.2, -0.15) is 0 Å². The maximum atomic E-state index is 11.7. The summed E-state index contributed by atoms with van der Waals surface area (Å²) in [4.78, 5) is 23.1. The van der Waals surface area contributed by atoms with Crippen LogP contribution in [0.3, 0.4) is 0 Å². The second-order valence-electron chi connectivity index (χ2n) is 8.01. The number of nitrogens with one attached hydrogen (secondary N) is 1. The van der Waals surface area contributed by atoms with E-state index in [1.807, 2.05) is 0 Å². The number of carbonyl (C=O) groups is 2. The molecule has 0 aliphatic heterocycles. The zero-order valence-corrected chi connectivity index (χ0v) is 19.4. The van der Waals surface area contributed by atoms with Gasteiger partial charge in [0.15, 0.2) is 0 Å².